The van der Waals surface area contributed by atoms with Gasteiger partial charge in [-0.1, -0.05) is 28.1 Å². The summed E-state index contributed by atoms with van der Waals surface area (Å²) < 4.78 is 0.930. The van der Waals surface area contributed by atoms with Crippen molar-refractivity contribution < 1.29 is 9.59 Å². The molecule has 0 spiro atoms. The molecular weight excluding hydrogens is 382 g/mol. The highest BCUT2D eigenvalue weighted by Crippen LogP contribution is 2.20. The zero-order chi connectivity index (χ0) is 18.2. The lowest BCUT2D eigenvalue weighted by Gasteiger charge is -2.08. The molecule has 0 bridgehead atoms. The van der Waals surface area contributed by atoms with Crippen LogP contribution in [0.5, 0.6) is 0 Å². The lowest BCUT2D eigenvalue weighted by molar-refractivity contribution is -0.118. The second kappa shape index (κ2) is 9.22. The van der Waals surface area contributed by atoms with Gasteiger partial charge in [-0.05, 0) is 55.7 Å². The molecule has 0 unspecified atom stereocenters. The fourth-order valence-electron chi connectivity index (χ4n) is 2.43. The Labute approximate surface area is 156 Å². The molecule has 5 nitrogen and oxygen atoms in total. The van der Waals surface area contributed by atoms with E-state index in [0.717, 1.165) is 15.7 Å². The number of carbonyl (C=O) groups excluding carboxylic acids is 2. The molecular formula is C19H22BrN3O2. The highest BCUT2D eigenvalue weighted by atomic mass is 79.9. The Morgan fingerprint density at radius 1 is 1.00 bits per heavy atom. The number of halogens is 1. The molecule has 0 aliphatic carbocycles. The van der Waals surface area contributed by atoms with Crippen molar-refractivity contribution >= 4 is 44.8 Å². The summed E-state index contributed by atoms with van der Waals surface area (Å²) in [5.41, 5.74) is 8.79. The number of carbonyl (C=O) groups is 2. The predicted octanol–water partition coefficient (Wildman–Crippen LogP) is 4.48. The predicted molar refractivity (Wildman–Crippen MR) is 105 cm³/mol. The summed E-state index contributed by atoms with van der Waals surface area (Å²) in [6.07, 6.45) is 2.03. The van der Waals surface area contributed by atoms with E-state index < -0.39 is 0 Å². The Kier molecular flexibility index (Phi) is 7.01. The van der Waals surface area contributed by atoms with Crippen molar-refractivity contribution in [3.8, 4) is 0 Å². The topological polar surface area (TPSA) is 84.2 Å². The molecule has 2 aromatic carbocycles. The molecule has 0 aliphatic heterocycles. The molecule has 0 aliphatic rings. The fraction of sp³-hybridized carbons (Fsp3) is 0.263. The van der Waals surface area contributed by atoms with Crippen LogP contribution in [-0.2, 0) is 9.59 Å². The molecule has 6 heteroatoms. The number of amides is 2. The van der Waals surface area contributed by atoms with Crippen LogP contribution < -0.4 is 16.4 Å². The number of hydrogen-bond donors (Lipinski definition) is 3. The van der Waals surface area contributed by atoms with E-state index in [9.17, 15) is 9.59 Å². The smallest absolute Gasteiger partial charge is 0.224 e. The maximum absolute atomic E-state index is 12.0. The van der Waals surface area contributed by atoms with Crippen molar-refractivity contribution in [3.63, 3.8) is 0 Å². The summed E-state index contributed by atoms with van der Waals surface area (Å²) in [5, 5.41) is 5.65. The first-order chi connectivity index (χ1) is 11.9. The number of para-hydroxylation sites is 2. The second-order valence-corrected chi connectivity index (χ2v) is 6.82. The zero-order valence-corrected chi connectivity index (χ0v) is 15.7. The van der Waals surface area contributed by atoms with Crippen LogP contribution in [0.2, 0.25) is 0 Å². The van der Waals surface area contributed by atoms with Crippen molar-refractivity contribution in [3.05, 3.63) is 52.5 Å². The first kappa shape index (κ1) is 19.0. The van der Waals surface area contributed by atoms with E-state index in [4.69, 9.17) is 5.73 Å². The third kappa shape index (κ3) is 6.58. The average Bonchev–Trinajstić information content (AvgIpc) is 2.53. The van der Waals surface area contributed by atoms with Gasteiger partial charge in [0.25, 0.3) is 0 Å². The molecule has 2 aromatic rings. The van der Waals surface area contributed by atoms with Gasteiger partial charge in [-0.3, -0.25) is 9.59 Å². The minimum absolute atomic E-state index is 0.0507. The van der Waals surface area contributed by atoms with Crippen molar-refractivity contribution in [2.45, 2.75) is 32.6 Å². The standard InChI is InChI=1S/C19H22BrN3O2/c1-13-10-14(20)12-15(11-13)22-18(24)8-4-5-9-19(25)23-17-7-3-2-6-16(17)21/h2-3,6-7,10-12H,4-5,8-9,21H2,1H3,(H,22,24)(H,23,25). The van der Waals surface area contributed by atoms with Crippen molar-refractivity contribution in [1.82, 2.24) is 0 Å². The van der Waals surface area contributed by atoms with Gasteiger partial charge in [-0.2, -0.15) is 0 Å². The summed E-state index contributed by atoms with van der Waals surface area (Å²) >= 11 is 3.41. The van der Waals surface area contributed by atoms with E-state index in [1.807, 2.05) is 37.3 Å². The number of unbranched alkanes of at least 4 members (excludes halogenated alkanes) is 1. The van der Waals surface area contributed by atoms with Gasteiger partial charge in [0.15, 0.2) is 0 Å². The highest BCUT2D eigenvalue weighted by molar-refractivity contribution is 9.10. The van der Waals surface area contributed by atoms with Crippen LogP contribution in [0.4, 0.5) is 17.1 Å². The van der Waals surface area contributed by atoms with Crippen LogP contribution in [0.25, 0.3) is 0 Å². The van der Waals surface area contributed by atoms with Gasteiger partial charge in [0.2, 0.25) is 11.8 Å². The van der Waals surface area contributed by atoms with Crippen LogP contribution in [0.1, 0.15) is 31.2 Å². The molecule has 2 amide bonds. The summed E-state index contributed by atoms with van der Waals surface area (Å²) in [6, 6.07) is 12.9. The summed E-state index contributed by atoms with van der Waals surface area (Å²) in [6.45, 7) is 1.97. The first-order valence-corrected chi connectivity index (χ1v) is 8.95. The van der Waals surface area contributed by atoms with Crippen LogP contribution in [0, 0.1) is 6.92 Å². The molecule has 0 saturated heterocycles. The number of aryl methyl sites for hydroxylation is 1. The van der Waals surface area contributed by atoms with E-state index in [-0.39, 0.29) is 11.8 Å². The quantitative estimate of drug-likeness (QED) is 0.470. The summed E-state index contributed by atoms with van der Waals surface area (Å²) in [7, 11) is 0. The fourth-order valence-corrected chi connectivity index (χ4v) is 3.03. The van der Waals surface area contributed by atoms with E-state index >= 15 is 0 Å². The summed E-state index contributed by atoms with van der Waals surface area (Å²) in [5.74, 6) is -0.147. The van der Waals surface area contributed by atoms with Gasteiger partial charge >= 0.3 is 0 Å². The Morgan fingerprint density at radius 2 is 1.64 bits per heavy atom. The third-order valence-corrected chi connectivity index (χ3v) is 4.08. The minimum atomic E-state index is -0.0964. The number of nitrogens with two attached hydrogens (primary N) is 1. The molecule has 0 atom stereocenters. The van der Waals surface area contributed by atoms with Crippen molar-refractivity contribution in [2.75, 3.05) is 16.4 Å². The van der Waals surface area contributed by atoms with Gasteiger partial charge in [0.1, 0.15) is 0 Å². The van der Waals surface area contributed by atoms with Gasteiger partial charge in [0, 0.05) is 23.0 Å². The largest absolute Gasteiger partial charge is 0.397 e. The van der Waals surface area contributed by atoms with Gasteiger partial charge in [0.05, 0.1) is 11.4 Å². The third-order valence-electron chi connectivity index (χ3n) is 3.62. The molecule has 4 N–H and O–H groups in total. The van der Waals surface area contributed by atoms with Crippen LogP contribution in [0.3, 0.4) is 0 Å². The maximum Gasteiger partial charge on any atom is 0.224 e. The number of nitrogens with one attached hydrogen (secondary N) is 2. The van der Waals surface area contributed by atoms with Crippen molar-refractivity contribution in [1.29, 1.82) is 0 Å². The Hall–Kier alpha value is -2.34. The SMILES string of the molecule is Cc1cc(Br)cc(NC(=O)CCCCC(=O)Nc2ccccc2N)c1. The van der Waals surface area contributed by atoms with E-state index in [2.05, 4.69) is 26.6 Å². The molecule has 0 aromatic heterocycles. The average molecular weight is 404 g/mol. The first-order valence-electron chi connectivity index (χ1n) is 8.15. The van der Waals surface area contributed by atoms with Crippen molar-refractivity contribution in [2.24, 2.45) is 0 Å². The second-order valence-electron chi connectivity index (χ2n) is 5.91. The zero-order valence-electron chi connectivity index (χ0n) is 14.1. The monoisotopic (exact) mass is 403 g/mol. The van der Waals surface area contributed by atoms with Gasteiger partial charge in [-0.15, -0.1) is 0 Å². The molecule has 2 rings (SSSR count). The Morgan fingerprint density at radius 3 is 2.28 bits per heavy atom. The van der Waals surface area contributed by atoms with E-state index in [0.29, 0.717) is 37.1 Å². The van der Waals surface area contributed by atoms with Gasteiger partial charge in [-0.25, -0.2) is 0 Å². The maximum atomic E-state index is 12.0. The molecule has 0 saturated carbocycles. The lowest BCUT2D eigenvalue weighted by atomic mass is 10.1. The lowest BCUT2D eigenvalue weighted by Crippen LogP contribution is -2.14. The van der Waals surface area contributed by atoms with Gasteiger partial charge < -0.3 is 16.4 Å². The number of hydrogen-bond acceptors (Lipinski definition) is 3. The number of rotatable bonds is 7. The summed E-state index contributed by atoms with van der Waals surface area (Å²) in [4.78, 5) is 23.9. The Bertz CT molecular complexity index is 742. The normalized spacial score (nSPS) is 10.3. The van der Waals surface area contributed by atoms with Crippen LogP contribution in [0.15, 0.2) is 46.9 Å². The molecule has 0 heterocycles. The number of benzene rings is 2. The molecule has 0 fully saturated rings. The highest BCUT2D eigenvalue weighted by Gasteiger charge is 2.07. The molecule has 25 heavy (non-hydrogen) atoms. The number of anilines is 3. The number of nitrogen functional groups attached to an aromatic ring is 1. The Balaban J connectivity index is 1.69. The van der Waals surface area contributed by atoms with Crippen LogP contribution in [-0.4, -0.2) is 11.8 Å². The van der Waals surface area contributed by atoms with Crippen LogP contribution >= 0.6 is 15.9 Å². The van der Waals surface area contributed by atoms with E-state index in [1.54, 1.807) is 12.1 Å². The minimum Gasteiger partial charge on any atom is -0.397 e. The molecule has 132 valence electrons. The van der Waals surface area contributed by atoms with E-state index in [1.165, 1.54) is 0 Å². The molecule has 0 radical (unpaired) electrons.